The average Bonchev–Trinajstić information content (AvgIpc) is 2.04. The summed E-state index contributed by atoms with van der Waals surface area (Å²) in [6, 6.07) is -1.01. The number of allylic oxidation sites excluding steroid dienone is 1. The smallest absolute Gasteiger partial charge is 0.327 e. The van der Waals surface area contributed by atoms with E-state index in [4.69, 9.17) is 11.5 Å². The highest BCUT2D eigenvalue weighted by Crippen LogP contribution is 1.90. The second-order valence-electron chi connectivity index (χ2n) is 2.31. The largest absolute Gasteiger partial charge is 0.480 e. The molecule has 0 aliphatic carbocycles. The Hall–Kier alpha value is -1.76. The third-order valence-electron chi connectivity index (χ3n) is 1.25. The van der Waals surface area contributed by atoms with Crippen molar-refractivity contribution >= 4 is 11.9 Å². The van der Waals surface area contributed by atoms with E-state index < -0.39 is 17.9 Å². The second-order valence-corrected chi connectivity index (χ2v) is 2.31. The molecule has 0 fully saturated rings. The van der Waals surface area contributed by atoms with Crippen molar-refractivity contribution in [3.05, 3.63) is 12.2 Å². The van der Waals surface area contributed by atoms with Gasteiger partial charge in [0, 0.05) is 6.42 Å². The van der Waals surface area contributed by atoms with Crippen LogP contribution in [0.15, 0.2) is 12.2 Å². The minimum atomic E-state index is -1.13. The molecule has 0 radical (unpaired) electrons. The number of amides is 1. The zero-order valence-corrected chi connectivity index (χ0v) is 7.28. The van der Waals surface area contributed by atoms with Gasteiger partial charge in [-0.25, -0.2) is 4.79 Å². The summed E-state index contributed by atoms with van der Waals surface area (Å²) in [5.41, 5.74) is 0. The zero-order valence-electron chi connectivity index (χ0n) is 7.28. The first-order chi connectivity index (χ1) is 6.11. The standard InChI is InChI=1S/C9H11NO3/c1-3-5-7(9(12)13)10-8(11)6-4-2/h1,4,6-7H,5H2,2H3,(H,10,11)(H,12,13)/b6-4+. The molecule has 1 atom stereocenters. The maximum absolute atomic E-state index is 10.9. The summed E-state index contributed by atoms with van der Waals surface area (Å²) in [7, 11) is 0. The van der Waals surface area contributed by atoms with Crippen molar-refractivity contribution in [1.82, 2.24) is 5.32 Å². The lowest BCUT2D eigenvalue weighted by atomic mass is 10.2. The number of carboxylic acids is 1. The number of carbonyl (C=O) groups is 2. The molecule has 0 aliphatic heterocycles. The van der Waals surface area contributed by atoms with Gasteiger partial charge in [0.2, 0.25) is 5.91 Å². The number of terminal acetylenes is 1. The van der Waals surface area contributed by atoms with Crippen LogP contribution in [-0.2, 0) is 9.59 Å². The predicted octanol–water partition coefficient (Wildman–Crippen LogP) is 0.155. The van der Waals surface area contributed by atoms with Gasteiger partial charge in [-0.15, -0.1) is 12.3 Å². The highest BCUT2D eigenvalue weighted by Gasteiger charge is 2.16. The lowest BCUT2D eigenvalue weighted by molar-refractivity contribution is -0.141. The molecular weight excluding hydrogens is 170 g/mol. The van der Waals surface area contributed by atoms with Crippen LogP contribution in [0.1, 0.15) is 13.3 Å². The quantitative estimate of drug-likeness (QED) is 0.479. The van der Waals surface area contributed by atoms with Crippen LogP contribution in [0.4, 0.5) is 0 Å². The molecule has 0 aliphatic rings. The van der Waals surface area contributed by atoms with Gasteiger partial charge in [-0.3, -0.25) is 4.79 Å². The van der Waals surface area contributed by atoms with Gasteiger partial charge in [-0.2, -0.15) is 0 Å². The molecule has 4 nitrogen and oxygen atoms in total. The molecule has 2 N–H and O–H groups in total. The second kappa shape index (κ2) is 5.84. The van der Waals surface area contributed by atoms with Crippen molar-refractivity contribution in [3.63, 3.8) is 0 Å². The molecule has 0 aromatic carbocycles. The third kappa shape index (κ3) is 4.64. The van der Waals surface area contributed by atoms with Crippen LogP contribution in [0.2, 0.25) is 0 Å². The Bertz CT molecular complexity index is 263. The minimum absolute atomic E-state index is 0.0153. The van der Waals surface area contributed by atoms with E-state index in [1.165, 1.54) is 12.2 Å². The predicted molar refractivity (Wildman–Crippen MR) is 47.8 cm³/mol. The fraction of sp³-hybridized carbons (Fsp3) is 0.333. The Balaban J connectivity index is 4.19. The van der Waals surface area contributed by atoms with Gasteiger partial charge in [0.1, 0.15) is 6.04 Å². The SMILES string of the molecule is C#CCC(NC(=O)/C=C/C)C(=O)O. The highest BCUT2D eigenvalue weighted by atomic mass is 16.4. The zero-order chi connectivity index (χ0) is 10.3. The number of aliphatic carboxylic acids is 1. The van der Waals surface area contributed by atoms with E-state index in [9.17, 15) is 9.59 Å². The van der Waals surface area contributed by atoms with Gasteiger partial charge in [0.05, 0.1) is 0 Å². The molecule has 1 amide bonds. The Labute approximate surface area is 76.6 Å². The summed E-state index contributed by atoms with van der Waals surface area (Å²) in [5.74, 6) is 0.595. The monoisotopic (exact) mass is 181 g/mol. The van der Waals surface area contributed by atoms with Crippen LogP contribution < -0.4 is 5.32 Å². The fourth-order valence-corrected chi connectivity index (χ4v) is 0.689. The number of rotatable bonds is 4. The Morgan fingerprint density at radius 2 is 2.31 bits per heavy atom. The summed E-state index contributed by atoms with van der Waals surface area (Å²) in [6.45, 7) is 1.66. The van der Waals surface area contributed by atoms with Crippen LogP contribution in [0.25, 0.3) is 0 Å². The molecule has 0 heterocycles. The fourth-order valence-electron chi connectivity index (χ4n) is 0.689. The number of hydrogen-bond acceptors (Lipinski definition) is 2. The van der Waals surface area contributed by atoms with Gasteiger partial charge < -0.3 is 10.4 Å². The van der Waals surface area contributed by atoms with Crippen molar-refractivity contribution < 1.29 is 14.7 Å². The van der Waals surface area contributed by atoms with Crippen molar-refractivity contribution in [3.8, 4) is 12.3 Å². The first kappa shape index (κ1) is 11.2. The molecule has 0 rings (SSSR count). The molecule has 0 saturated carbocycles. The van der Waals surface area contributed by atoms with Crippen molar-refractivity contribution in [2.45, 2.75) is 19.4 Å². The summed E-state index contributed by atoms with van der Waals surface area (Å²) in [4.78, 5) is 21.4. The van der Waals surface area contributed by atoms with Gasteiger partial charge in [-0.05, 0) is 13.0 Å². The van der Waals surface area contributed by atoms with Crippen LogP contribution in [0, 0.1) is 12.3 Å². The number of carbonyl (C=O) groups excluding carboxylic acids is 1. The maximum Gasteiger partial charge on any atom is 0.327 e. The molecule has 0 saturated heterocycles. The molecule has 0 aromatic rings. The molecule has 0 spiro atoms. The number of hydrogen-bond donors (Lipinski definition) is 2. The molecule has 13 heavy (non-hydrogen) atoms. The highest BCUT2D eigenvalue weighted by molar-refractivity contribution is 5.91. The summed E-state index contributed by atoms with van der Waals surface area (Å²) < 4.78 is 0. The van der Waals surface area contributed by atoms with E-state index in [1.807, 2.05) is 0 Å². The summed E-state index contributed by atoms with van der Waals surface area (Å²) in [6.07, 6.45) is 7.68. The maximum atomic E-state index is 10.9. The summed E-state index contributed by atoms with van der Waals surface area (Å²) >= 11 is 0. The van der Waals surface area contributed by atoms with E-state index in [2.05, 4.69) is 11.2 Å². The number of nitrogens with one attached hydrogen (secondary N) is 1. The van der Waals surface area contributed by atoms with Crippen molar-refractivity contribution in [2.75, 3.05) is 0 Å². The van der Waals surface area contributed by atoms with Crippen LogP contribution in [0.5, 0.6) is 0 Å². The lowest BCUT2D eigenvalue weighted by Crippen LogP contribution is -2.39. The van der Waals surface area contributed by atoms with Crippen LogP contribution in [0.3, 0.4) is 0 Å². The molecule has 70 valence electrons. The van der Waals surface area contributed by atoms with E-state index in [1.54, 1.807) is 6.92 Å². The molecule has 0 aromatic heterocycles. The molecule has 0 bridgehead atoms. The van der Waals surface area contributed by atoms with Crippen LogP contribution in [-0.4, -0.2) is 23.0 Å². The normalized spacial score (nSPS) is 12.0. The molecule has 1 unspecified atom stereocenters. The molecule has 4 heteroatoms. The topological polar surface area (TPSA) is 66.4 Å². The van der Waals surface area contributed by atoms with E-state index in [-0.39, 0.29) is 6.42 Å². The first-order valence-corrected chi connectivity index (χ1v) is 3.71. The van der Waals surface area contributed by atoms with Gasteiger partial charge in [-0.1, -0.05) is 6.08 Å². The minimum Gasteiger partial charge on any atom is -0.480 e. The van der Waals surface area contributed by atoms with Gasteiger partial charge >= 0.3 is 5.97 Å². The Morgan fingerprint density at radius 1 is 1.69 bits per heavy atom. The Kier molecular flexibility index (Phi) is 5.05. The van der Waals surface area contributed by atoms with E-state index in [0.717, 1.165) is 0 Å². The average molecular weight is 181 g/mol. The van der Waals surface area contributed by atoms with E-state index in [0.29, 0.717) is 0 Å². The van der Waals surface area contributed by atoms with Gasteiger partial charge in [0.25, 0.3) is 0 Å². The third-order valence-corrected chi connectivity index (χ3v) is 1.25. The van der Waals surface area contributed by atoms with Crippen molar-refractivity contribution in [1.29, 1.82) is 0 Å². The lowest BCUT2D eigenvalue weighted by Gasteiger charge is -2.09. The van der Waals surface area contributed by atoms with E-state index >= 15 is 0 Å². The summed E-state index contributed by atoms with van der Waals surface area (Å²) in [5, 5.41) is 10.8. The van der Waals surface area contributed by atoms with Crippen LogP contribution >= 0.6 is 0 Å². The Morgan fingerprint density at radius 3 is 2.69 bits per heavy atom. The number of carboxylic acid groups (broad SMARTS) is 1. The van der Waals surface area contributed by atoms with Crippen molar-refractivity contribution in [2.24, 2.45) is 0 Å². The molecular formula is C9H11NO3. The first-order valence-electron chi connectivity index (χ1n) is 3.71. The van der Waals surface area contributed by atoms with Gasteiger partial charge in [0.15, 0.2) is 0 Å².